The second-order valence-corrected chi connectivity index (χ2v) is 7.77. The lowest BCUT2D eigenvalue weighted by Crippen LogP contribution is -2.27. The molecule has 0 aliphatic carbocycles. The van der Waals surface area contributed by atoms with E-state index in [1.54, 1.807) is 39.1 Å². The van der Waals surface area contributed by atoms with Gasteiger partial charge < -0.3 is 4.90 Å². The Balaban J connectivity index is 2.36. The number of sulfonamides is 1. The molecule has 0 unspecified atom stereocenters. The van der Waals surface area contributed by atoms with Crippen LogP contribution in [0.15, 0.2) is 41.3 Å². The summed E-state index contributed by atoms with van der Waals surface area (Å²) in [4.78, 5) is 14.2. The molecule has 0 aliphatic heterocycles. The third-order valence-corrected chi connectivity index (χ3v) is 5.62. The van der Waals surface area contributed by atoms with Crippen molar-refractivity contribution < 1.29 is 17.6 Å². The van der Waals surface area contributed by atoms with Gasteiger partial charge in [-0.15, -0.1) is 0 Å². The van der Waals surface area contributed by atoms with Crippen molar-refractivity contribution in [1.29, 1.82) is 0 Å². The van der Waals surface area contributed by atoms with Crippen LogP contribution >= 0.6 is 0 Å². The molecule has 5 nitrogen and oxygen atoms in total. The van der Waals surface area contributed by atoms with Crippen LogP contribution in [0.5, 0.6) is 0 Å². The first kappa shape index (κ1) is 19.1. The third kappa shape index (κ3) is 4.24. The quantitative estimate of drug-likeness (QED) is 0.887. The van der Waals surface area contributed by atoms with Gasteiger partial charge >= 0.3 is 0 Å². The molecule has 7 heteroatoms. The summed E-state index contributed by atoms with van der Waals surface area (Å²) < 4.78 is 39.9. The second kappa shape index (κ2) is 7.33. The number of carbonyl (C=O) groups excluding carboxylic acids is 1. The molecular formula is C18H21FN2O3S. The number of halogens is 1. The van der Waals surface area contributed by atoms with Crippen LogP contribution in [0.2, 0.25) is 0 Å². The van der Waals surface area contributed by atoms with Crippen LogP contribution in [0.25, 0.3) is 0 Å². The number of nitrogens with one attached hydrogen (secondary N) is 1. The molecule has 134 valence electrons. The van der Waals surface area contributed by atoms with Gasteiger partial charge in [0.2, 0.25) is 10.0 Å². The van der Waals surface area contributed by atoms with Gasteiger partial charge in [-0.05, 0) is 61.9 Å². The topological polar surface area (TPSA) is 66.5 Å². The summed E-state index contributed by atoms with van der Waals surface area (Å²) in [5.74, 6) is -0.702. The molecule has 25 heavy (non-hydrogen) atoms. The van der Waals surface area contributed by atoms with Crippen molar-refractivity contribution >= 4 is 15.9 Å². The minimum Gasteiger partial charge on any atom is -0.337 e. The standard InChI is InChI=1S/C18H21FN2O3S/c1-12-8-15(10-17(13(12)2)25(23,24)20-3)18(22)21(4)11-14-6-5-7-16(19)9-14/h5-10,20H,11H2,1-4H3. The van der Waals surface area contributed by atoms with E-state index in [1.807, 2.05) is 0 Å². The predicted molar refractivity (Wildman–Crippen MR) is 94.4 cm³/mol. The first-order valence-corrected chi connectivity index (χ1v) is 9.18. The Labute approximate surface area is 147 Å². The van der Waals surface area contributed by atoms with Crippen molar-refractivity contribution in [2.75, 3.05) is 14.1 Å². The Kier molecular flexibility index (Phi) is 5.59. The van der Waals surface area contributed by atoms with Gasteiger partial charge in [-0.25, -0.2) is 17.5 Å². The second-order valence-electron chi connectivity index (χ2n) is 5.91. The van der Waals surface area contributed by atoms with Gasteiger partial charge in [0, 0.05) is 19.2 Å². The Morgan fingerprint density at radius 1 is 1.20 bits per heavy atom. The molecule has 0 radical (unpaired) electrons. The van der Waals surface area contributed by atoms with E-state index in [-0.39, 0.29) is 28.7 Å². The normalized spacial score (nSPS) is 11.4. The molecule has 0 aromatic heterocycles. The zero-order valence-electron chi connectivity index (χ0n) is 14.6. The Hall–Kier alpha value is -2.25. The lowest BCUT2D eigenvalue weighted by molar-refractivity contribution is 0.0784. The number of nitrogens with zero attached hydrogens (tertiary/aromatic N) is 1. The van der Waals surface area contributed by atoms with E-state index in [9.17, 15) is 17.6 Å². The molecular weight excluding hydrogens is 343 g/mol. The van der Waals surface area contributed by atoms with Crippen LogP contribution in [0, 0.1) is 19.7 Å². The molecule has 2 aromatic carbocycles. The number of benzene rings is 2. The van der Waals surface area contributed by atoms with E-state index in [0.29, 0.717) is 16.7 Å². The number of amides is 1. The van der Waals surface area contributed by atoms with Gasteiger partial charge in [-0.1, -0.05) is 12.1 Å². The van der Waals surface area contributed by atoms with Gasteiger partial charge in [0.05, 0.1) is 4.90 Å². The van der Waals surface area contributed by atoms with Gasteiger partial charge in [-0.3, -0.25) is 4.79 Å². The summed E-state index contributed by atoms with van der Waals surface area (Å²) in [5, 5.41) is 0. The largest absolute Gasteiger partial charge is 0.337 e. The van der Waals surface area contributed by atoms with Crippen LogP contribution in [0.1, 0.15) is 27.0 Å². The highest BCUT2D eigenvalue weighted by molar-refractivity contribution is 7.89. The summed E-state index contributed by atoms with van der Waals surface area (Å²) in [6.07, 6.45) is 0. The van der Waals surface area contributed by atoms with Crippen LogP contribution in [0.3, 0.4) is 0 Å². The molecule has 1 amide bonds. The van der Waals surface area contributed by atoms with Crippen molar-refractivity contribution in [1.82, 2.24) is 9.62 Å². The highest BCUT2D eigenvalue weighted by Crippen LogP contribution is 2.22. The summed E-state index contributed by atoms with van der Waals surface area (Å²) in [5.41, 5.74) is 2.23. The predicted octanol–water partition coefficient (Wildman–Crippen LogP) is 2.62. The molecule has 2 aromatic rings. The summed E-state index contributed by atoms with van der Waals surface area (Å²) in [6.45, 7) is 3.68. The summed E-state index contributed by atoms with van der Waals surface area (Å²) in [6, 6.07) is 9.04. The van der Waals surface area contributed by atoms with Gasteiger partial charge in [-0.2, -0.15) is 0 Å². The first-order chi connectivity index (χ1) is 11.7. The zero-order chi connectivity index (χ0) is 18.8. The van der Waals surface area contributed by atoms with Crippen molar-refractivity contribution in [3.63, 3.8) is 0 Å². The molecule has 1 N–H and O–H groups in total. The minimum atomic E-state index is -3.67. The smallest absolute Gasteiger partial charge is 0.253 e. The maximum absolute atomic E-state index is 13.3. The molecule has 0 aliphatic rings. The zero-order valence-corrected chi connectivity index (χ0v) is 15.4. The highest BCUT2D eigenvalue weighted by atomic mass is 32.2. The summed E-state index contributed by atoms with van der Waals surface area (Å²) >= 11 is 0. The Morgan fingerprint density at radius 2 is 1.88 bits per heavy atom. The molecule has 0 heterocycles. The molecule has 0 bridgehead atoms. The molecule has 0 saturated carbocycles. The first-order valence-electron chi connectivity index (χ1n) is 7.70. The molecule has 2 rings (SSSR count). The van der Waals surface area contributed by atoms with Crippen LogP contribution in [-0.4, -0.2) is 33.3 Å². The molecule has 0 saturated heterocycles. The van der Waals surface area contributed by atoms with Crippen molar-refractivity contribution in [3.05, 3.63) is 64.5 Å². The number of hydrogen-bond acceptors (Lipinski definition) is 3. The third-order valence-electron chi connectivity index (χ3n) is 4.08. The number of aryl methyl sites for hydroxylation is 1. The monoisotopic (exact) mass is 364 g/mol. The van der Waals surface area contributed by atoms with Crippen LogP contribution in [0.4, 0.5) is 4.39 Å². The average molecular weight is 364 g/mol. The van der Waals surface area contributed by atoms with E-state index in [2.05, 4.69) is 4.72 Å². The number of carbonyl (C=O) groups is 1. The Bertz CT molecular complexity index is 911. The van der Waals surface area contributed by atoms with Crippen molar-refractivity contribution in [2.45, 2.75) is 25.3 Å². The fourth-order valence-electron chi connectivity index (χ4n) is 2.54. The van der Waals surface area contributed by atoms with E-state index in [0.717, 1.165) is 0 Å². The highest BCUT2D eigenvalue weighted by Gasteiger charge is 2.21. The lowest BCUT2D eigenvalue weighted by Gasteiger charge is -2.19. The van der Waals surface area contributed by atoms with Crippen molar-refractivity contribution in [3.8, 4) is 0 Å². The molecule has 0 fully saturated rings. The number of rotatable bonds is 5. The van der Waals surface area contributed by atoms with E-state index < -0.39 is 10.0 Å². The fourth-order valence-corrected chi connectivity index (χ4v) is 3.61. The maximum atomic E-state index is 13.3. The van der Waals surface area contributed by atoms with Gasteiger partial charge in [0.1, 0.15) is 5.82 Å². The minimum absolute atomic E-state index is 0.0810. The average Bonchev–Trinajstić information content (AvgIpc) is 2.56. The summed E-state index contributed by atoms with van der Waals surface area (Å²) in [7, 11) is -0.748. The van der Waals surface area contributed by atoms with Crippen LogP contribution in [-0.2, 0) is 16.6 Å². The van der Waals surface area contributed by atoms with E-state index >= 15 is 0 Å². The van der Waals surface area contributed by atoms with Gasteiger partial charge in [0.25, 0.3) is 5.91 Å². The van der Waals surface area contributed by atoms with Gasteiger partial charge in [0.15, 0.2) is 0 Å². The maximum Gasteiger partial charge on any atom is 0.253 e. The van der Waals surface area contributed by atoms with Crippen LogP contribution < -0.4 is 4.72 Å². The Morgan fingerprint density at radius 3 is 2.48 bits per heavy atom. The van der Waals surface area contributed by atoms with E-state index in [4.69, 9.17) is 0 Å². The SMILES string of the molecule is CNS(=O)(=O)c1cc(C(=O)N(C)Cc2cccc(F)c2)cc(C)c1C. The lowest BCUT2D eigenvalue weighted by atomic mass is 10.1. The fraction of sp³-hybridized carbons (Fsp3) is 0.278. The van der Waals surface area contributed by atoms with E-state index in [1.165, 1.54) is 30.1 Å². The van der Waals surface area contributed by atoms with Crippen molar-refractivity contribution in [2.24, 2.45) is 0 Å². The number of hydrogen-bond donors (Lipinski definition) is 1. The molecule has 0 atom stereocenters. The molecule has 0 spiro atoms.